The standard InChI is InChI=1S/C29H31N9O4/c1-29(2,3)31-28(40)27(19-9-8-10-21(15-19)41-4)38(26(39)17-36-23-12-7-6-11-22(23)32-34-36)20-13-14-24(25(16-20)42-5)37-18-30-33-35-37/h6-16,18,27H,17H2,1-5H3,(H,31,40)/t27-/m1/s1. The second-order valence-electron chi connectivity index (χ2n) is 10.5. The first kappa shape index (κ1) is 28.2. The topological polar surface area (TPSA) is 142 Å². The minimum Gasteiger partial charge on any atom is -0.497 e. The lowest BCUT2D eigenvalue weighted by atomic mass is 10.00. The van der Waals surface area contributed by atoms with Gasteiger partial charge in [0, 0.05) is 17.3 Å². The second kappa shape index (κ2) is 11.6. The maximum atomic E-state index is 14.4. The van der Waals surface area contributed by atoms with Gasteiger partial charge in [-0.1, -0.05) is 29.5 Å². The highest BCUT2D eigenvalue weighted by Gasteiger charge is 2.35. The number of amides is 2. The number of hydrogen-bond acceptors (Lipinski definition) is 9. The lowest BCUT2D eigenvalue weighted by Gasteiger charge is -2.34. The molecule has 42 heavy (non-hydrogen) atoms. The highest BCUT2D eigenvalue weighted by molar-refractivity contribution is 6.02. The Bertz CT molecular complexity index is 1710. The van der Waals surface area contributed by atoms with Crippen molar-refractivity contribution in [3.8, 4) is 17.2 Å². The number of nitrogens with zero attached hydrogens (tertiary/aromatic N) is 8. The second-order valence-corrected chi connectivity index (χ2v) is 10.5. The molecule has 13 heteroatoms. The van der Waals surface area contributed by atoms with Gasteiger partial charge < -0.3 is 14.8 Å². The third-order valence-corrected chi connectivity index (χ3v) is 6.43. The molecule has 0 aliphatic rings. The van der Waals surface area contributed by atoms with E-state index in [0.29, 0.717) is 39.5 Å². The Hall–Kier alpha value is -5.33. The first-order valence-electron chi connectivity index (χ1n) is 13.2. The summed E-state index contributed by atoms with van der Waals surface area (Å²) in [5.74, 6) is 0.155. The summed E-state index contributed by atoms with van der Waals surface area (Å²) in [5, 5.41) is 22.8. The molecule has 2 amide bonds. The van der Waals surface area contributed by atoms with Crippen LogP contribution in [0.2, 0.25) is 0 Å². The van der Waals surface area contributed by atoms with Crippen LogP contribution in [0.25, 0.3) is 16.7 Å². The van der Waals surface area contributed by atoms with Crippen molar-refractivity contribution in [1.82, 2.24) is 40.5 Å². The molecule has 13 nitrogen and oxygen atoms in total. The van der Waals surface area contributed by atoms with Crippen molar-refractivity contribution >= 4 is 28.5 Å². The first-order valence-corrected chi connectivity index (χ1v) is 13.2. The van der Waals surface area contributed by atoms with Crippen LogP contribution in [0.15, 0.2) is 73.1 Å². The summed E-state index contributed by atoms with van der Waals surface area (Å²) >= 11 is 0. The molecule has 0 saturated heterocycles. The summed E-state index contributed by atoms with van der Waals surface area (Å²) in [5.41, 5.74) is 2.28. The van der Waals surface area contributed by atoms with Crippen molar-refractivity contribution in [1.29, 1.82) is 0 Å². The number of tetrazole rings is 1. The minimum atomic E-state index is -1.08. The number of aromatic nitrogens is 7. The number of benzene rings is 3. The molecule has 0 saturated carbocycles. The molecule has 5 rings (SSSR count). The molecule has 1 atom stereocenters. The van der Waals surface area contributed by atoms with E-state index in [1.54, 1.807) is 49.6 Å². The number of rotatable bonds is 9. The number of fused-ring (bicyclic) bond motifs is 1. The number of methoxy groups -OCH3 is 2. The molecule has 0 radical (unpaired) electrons. The van der Waals surface area contributed by atoms with Gasteiger partial charge in [-0.3, -0.25) is 14.5 Å². The predicted molar refractivity (Wildman–Crippen MR) is 154 cm³/mol. The van der Waals surface area contributed by atoms with Crippen molar-refractivity contribution in [3.63, 3.8) is 0 Å². The highest BCUT2D eigenvalue weighted by atomic mass is 16.5. The Balaban J connectivity index is 1.67. The molecule has 216 valence electrons. The molecule has 0 aliphatic heterocycles. The van der Waals surface area contributed by atoms with Crippen molar-refractivity contribution in [3.05, 3.63) is 78.6 Å². The van der Waals surface area contributed by atoms with Crippen LogP contribution in [0.5, 0.6) is 11.5 Å². The molecule has 1 N–H and O–H groups in total. The average Bonchev–Trinajstić information content (AvgIpc) is 3.65. The number of carbonyl (C=O) groups excluding carboxylic acids is 2. The molecule has 0 spiro atoms. The molecule has 0 bridgehead atoms. The zero-order valence-electron chi connectivity index (χ0n) is 23.9. The van der Waals surface area contributed by atoms with Crippen LogP contribution in [0.1, 0.15) is 32.4 Å². The fourth-order valence-corrected chi connectivity index (χ4v) is 4.62. The minimum absolute atomic E-state index is 0.180. The van der Waals surface area contributed by atoms with Crippen molar-refractivity contribution in [2.75, 3.05) is 19.1 Å². The third-order valence-electron chi connectivity index (χ3n) is 6.43. The monoisotopic (exact) mass is 569 g/mol. The third kappa shape index (κ3) is 5.89. The Morgan fingerprint density at radius 3 is 2.50 bits per heavy atom. The Morgan fingerprint density at radius 1 is 0.976 bits per heavy atom. The summed E-state index contributed by atoms with van der Waals surface area (Å²) < 4.78 is 14.1. The molecule has 0 unspecified atom stereocenters. The van der Waals surface area contributed by atoms with Crippen LogP contribution in [-0.2, 0) is 16.1 Å². The van der Waals surface area contributed by atoms with E-state index in [4.69, 9.17) is 9.47 Å². The lowest BCUT2D eigenvalue weighted by Crippen LogP contribution is -2.50. The van der Waals surface area contributed by atoms with Gasteiger partial charge in [-0.15, -0.1) is 10.2 Å². The number of carbonyl (C=O) groups is 2. The van der Waals surface area contributed by atoms with Crippen LogP contribution >= 0.6 is 0 Å². The Kier molecular flexibility index (Phi) is 7.82. The van der Waals surface area contributed by atoms with E-state index >= 15 is 0 Å². The van der Waals surface area contributed by atoms with Crippen LogP contribution in [0.4, 0.5) is 5.69 Å². The number of hydrogen-bond donors (Lipinski definition) is 1. The zero-order chi connectivity index (χ0) is 29.9. The first-order chi connectivity index (χ1) is 20.2. The molecular weight excluding hydrogens is 538 g/mol. The van der Waals surface area contributed by atoms with Gasteiger partial charge in [0.05, 0.1) is 19.7 Å². The summed E-state index contributed by atoms with van der Waals surface area (Å²) in [6, 6.07) is 18.5. The molecule has 2 aromatic heterocycles. The van der Waals surface area contributed by atoms with E-state index in [-0.39, 0.29) is 12.5 Å². The molecule has 2 heterocycles. The SMILES string of the molecule is COc1cccc([C@H](C(=O)NC(C)(C)C)N(C(=O)Cn2nnc3ccccc32)c2ccc(-n3cnnn3)c(OC)c2)c1. The van der Waals surface area contributed by atoms with E-state index in [9.17, 15) is 9.59 Å². The molecule has 5 aromatic rings. The molecular formula is C29H31N9O4. The van der Waals surface area contributed by atoms with E-state index in [0.717, 1.165) is 0 Å². The van der Waals surface area contributed by atoms with Gasteiger partial charge in [0.1, 0.15) is 41.6 Å². The van der Waals surface area contributed by atoms with Gasteiger partial charge >= 0.3 is 0 Å². The van der Waals surface area contributed by atoms with Crippen LogP contribution < -0.4 is 19.7 Å². The average molecular weight is 570 g/mol. The van der Waals surface area contributed by atoms with Gasteiger partial charge in [0.25, 0.3) is 0 Å². The van der Waals surface area contributed by atoms with Crippen molar-refractivity contribution in [2.24, 2.45) is 0 Å². The van der Waals surface area contributed by atoms with E-state index in [1.165, 1.54) is 27.7 Å². The zero-order valence-corrected chi connectivity index (χ0v) is 23.9. The van der Waals surface area contributed by atoms with Gasteiger partial charge in [0.15, 0.2) is 0 Å². The summed E-state index contributed by atoms with van der Waals surface area (Å²) in [6.07, 6.45) is 1.44. The quantitative estimate of drug-likeness (QED) is 0.283. The highest BCUT2D eigenvalue weighted by Crippen LogP contribution is 2.35. The summed E-state index contributed by atoms with van der Waals surface area (Å²) in [6.45, 7) is 5.46. The number of anilines is 1. The van der Waals surface area contributed by atoms with Gasteiger partial charge in [-0.25, -0.2) is 4.68 Å². The smallest absolute Gasteiger partial charge is 0.249 e. The van der Waals surface area contributed by atoms with E-state index < -0.39 is 17.5 Å². The van der Waals surface area contributed by atoms with Crippen LogP contribution in [0.3, 0.4) is 0 Å². The maximum absolute atomic E-state index is 14.4. The van der Waals surface area contributed by atoms with Gasteiger partial charge in [-0.05, 0) is 73.2 Å². The van der Waals surface area contributed by atoms with Crippen LogP contribution in [-0.4, -0.2) is 66.8 Å². The molecule has 3 aromatic carbocycles. The largest absolute Gasteiger partial charge is 0.497 e. The number of para-hydroxylation sites is 1. The van der Waals surface area contributed by atoms with E-state index in [2.05, 4.69) is 31.2 Å². The van der Waals surface area contributed by atoms with Crippen molar-refractivity contribution in [2.45, 2.75) is 38.9 Å². The molecule has 0 fully saturated rings. The van der Waals surface area contributed by atoms with Crippen molar-refractivity contribution < 1.29 is 19.1 Å². The maximum Gasteiger partial charge on any atom is 0.249 e. The molecule has 0 aliphatic carbocycles. The Labute approximate surface area is 242 Å². The fourth-order valence-electron chi connectivity index (χ4n) is 4.62. The number of ether oxygens (including phenoxy) is 2. The number of nitrogens with one attached hydrogen (secondary N) is 1. The summed E-state index contributed by atoms with van der Waals surface area (Å²) in [7, 11) is 3.05. The fraction of sp³-hybridized carbons (Fsp3) is 0.276. The lowest BCUT2D eigenvalue weighted by molar-refractivity contribution is -0.128. The van der Waals surface area contributed by atoms with E-state index in [1.807, 2.05) is 45.0 Å². The predicted octanol–water partition coefficient (Wildman–Crippen LogP) is 3.11. The normalized spacial score (nSPS) is 12.1. The van der Waals surface area contributed by atoms with Gasteiger partial charge in [0.2, 0.25) is 11.8 Å². The van der Waals surface area contributed by atoms with Gasteiger partial charge in [-0.2, -0.15) is 4.68 Å². The van der Waals surface area contributed by atoms with Crippen LogP contribution in [0, 0.1) is 0 Å². The summed E-state index contributed by atoms with van der Waals surface area (Å²) in [4.78, 5) is 29.9. The Morgan fingerprint density at radius 2 is 1.79 bits per heavy atom.